The molecule has 0 unspecified atom stereocenters. The van der Waals surface area contributed by atoms with Gasteiger partial charge in [-0.3, -0.25) is 18.8 Å². The first-order chi connectivity index (χ1) is 13.5. The number of esters is 1. The zero-order chi connectivity index (χ0) is 19.7. The summed E-state index contributed by atoms with van der Waals surface area (Å²) in [6.45, 7) is 2.20. The van der Waals surface area contributed by atoms with E-state index in [4.69, 9.17) is 4.74 Å². The summed E-state index contributed by atoms with van der Waals surface area (Å²) >= 11 is 1.34. The lowest BCUT2D eigenvalue weighted by Crippen LogP contribution is -2.29. The monoisotopic (exact) mass is 397 g/mol. The lowest BCUT2D eigenvalue weighted by molar-refractivity contribution is -0.149. The van der Waals surface area contributed by atoms with E-state index < -0.39 is 11.9 Å². The van der Waals surface area contributed by atoms with E-state index >= 15 is 0 Å². The van der Waals surface area contributed by atoms with Crippen LogP contribution in [0.2, 0.25) is 0 Å². The molecule has 0 bridgehead atoms. The molecule has 1 aromatic carbocycles. The minimum Gasteiger partial charge on any atom is -0.459 e. The largest absolute Gasteiger partial charge is 0.459 e. The highest BCUT2D eigenvalue weighted by Crippen LogP contribution is 2.29. The summed E-state index contributed by atoms with van der Waals surface area (Å²) in [5.74, 6) is -1.01. The van der Waals surface area contributed by atoms with Crippen molar-refractivity contribution in [3.8, 4) is 0 Å². The zero-order valence-electron chi connectivity index (χ0n) is 15.3. The van der Waals surface area contributed by atoms with Crippen molar-refractivity contribution in [2.75, 3.05) is 6.54 Å². The van der Waals surface area contributed by atoms with Crippen LogP contribution in [0.4, 0.5) is 0 Å². The number of rotatable bonds is 5. The average Bonchev–Trinajstić information content (AvgIpc) is 3.33. The van der Waals surface area contributed by atoms with Gasteiger partial charge in [0.2, 0.25) is 5.91 Å². The van der Waals surface area contributed by atoms with Gasteiger partial charge >= 0.3 is 5.97 Å². The first-order valence-electron chi connectivity index (χ1n) is 9.00. The molecule has 1 saturated heterocycles. The molecule has 1 aliphatic heterocycles. The fourth-order valence-corrected chi connectivity index (χ4v) is 4.14. The van der Waals surface area contributed by atoms with Crippen LogP contribution in [0.5, 0.6) is 0 Å². The fraction of sp³-hybridized carbons (Fsp3) is 0.300. The van der Waals surface area contributed by atoms with E-state index in [1.54, 1.807) is 16.5 Å². The summed E-state index contributed by atoms with van der Waals surface area (Å²) < 4.78 is 6.79. The Hall–Kier alpha value is -3.00. The van der Waals surface area contributed by atoms with Crippen LogP contribution in [0.3, 0.4) is 0 Å². The zero-order valence-corrected chi connectivity index (χ0v) is 16.1. The number of benzene rings is 1. The Morgan fingerprint density at radius 2 is 2.11 bits per heavy atom. The van der Waals surface area contributed by atoms with E-state index in [0.717, 1.165) is 5.56 Å². The molecule has 1 aliphatic rings. The van der Waals surface area contributed by atoms with Gasteiger partial charge in [-0.2, -0.15) is 0 Å². The van der Waals surface area contributed by atoms with E-state index in [2.05, 4.69) is 4.98 Å². The molecule has 3 heterocycles. The number of amides is 1. The molecular weight excluding hydrogens is 378 g/mol. The molecule has 8 heteroatoms. The van der Waals surface area contributed by atoms with Crippen molar-refractivity contribution >= 4 is 28.2 Å². The third kappa shape index (κ3) is 3.55. The van der Waals surface area contributed by atoms with Crippen LogP contribution in [-0.4, -0.2) is 32.7 Å². The number of carbonyl (C=O) groups excluding carboxylic acids is 2. The number of carbonyl (C=O) groups is 2. The lowest BCUT2D eigenvalue weighted by Gasteiger charge is -2.25. The van der Waals surface area contributed by atoms with Gasteiger partial charge in [-0.05, 0) is 12.5 Å². The van der Waals surface area contributed by atoms with Gasteiger partial charge in [0.05, 0.1) is 17.7 Å². The SMILES string of the molecule is C[C@H](c1ccccc1)N1C[C@@H](C(=O)OCc2cc(=O)n3ccsc3n2)CC1=O. The van der Waals surface area contributed by atoms with Crippen LogP contribution in [-0.2, 0) is 20.9 Å². The quantitative estimate of drug-likeness (QED) is 0.618. The number of thiazole rings is 1. The summed E-state index contributed by atoms with van der Waals surface area (Å²) in [4.78, 5) is 43.4. The highest BCUT2D eigenvalue weighted by Gasteiger charge is 2.37. The lowest BCUT2D eigenvalue weighted by atomic mass is 10.1. The molecule has 3 aromatic rings. The number of fused-ring (bicyclic) bond motifs is 1. The van der Waals surface area contributed by atoms with Crippen molar-refractivity contribution in [3.05, 3.63) is 69.6 Å². The van der Waals surface area contributed by atoms with Gasteiger partial charge in [0.25, 0.3) is 5.56 Å². The fourth-order valence-electron chi connectivity index (χ4n) is 3.40. The Kier molecular flexibility index (Phi) is 4.95. The van der Waals surface area contributed by atoms with Crippen molar-refractivity contribution in [2.24, 2.45) is 5.92 Å². The summed E-state index contributed by atoms with van der Waals surface area (Å²) in [6.07, 6.45) is 1.79. The second-order valence-corrected chi connectivity index (χ2v) is 7.66. The summed E-state index contributed by atoms with van der Waals surface area (Å²) in [6, 6.07) is 11.0. The van der Waals surface area contributed by atoms with Gasteiger partial charge in [0, 0.05) is 30.6 Å². The van der Waals surface area contributed by atoms with Gasteiger partial charge in [0.15, 0.2) is 4.96 Å². The molecule has 0 aliphatic carbocycles. The standard InChI is InChI=1S/C20H19N3O4S/c1-13(14-5-3-2-4-6-14)23-11-15(9-17(23)24)19(26)27-12-16-10-18(25)22-7-8-28-20(22)21-16/h2-8,10,13,15H,9,11-12H2,1H3/t13-,15+/m1/s1. The Morgan fingerprint density at radius 3 is 2.89 bits per heavy atom. The Balaban J connectivity index is 1.40. The number of aromatic nitrogens is 2. The first-order valence-corrected chi connectivity index (χ1v) is 9.87. The van der Waals surface area contributed by atoms with E-state index in [9.17, 15) is 14.4 Å². The van der Waals surface area contributed by atoms with E-state index in [0.29, 0.717) is 17.2 Å². The maximum atomic E-state index is 12.5. The Labute approximate surface area is 165 Å². The van der Waals surface area contributed by atoms with E-state index in [1.807, 2.05) is 37.3 Å². The molecule has 2 aromatic heterocycles. The number of hydrogen-bond donors (Lipinski definition) is 0. The van der Waals surface area contributed by atoms with Crippen molar-refractivity contribution in [2.45, 2.75) is 26.0 Å². The second kappa shape index (κ2) is 7.55. The van der Waals surface area contributed by atoms with Crippen LogP contribution in [0.25, 0.3) is 4.96 Å². The maximum Gasteiger partial charge on any atom is 0.311 e. The molecule has 1 amide bonds. The van der Waals surface area contributed by atoms with E-state index in [1.165, 1.54) is 21.8 Å². The summed E-state index contributed by atoms with van der Waals surface area (Å²) in [5.41, 5.74) is 1.22. The topological polar surface area (TPSA) is 81.0 Å². The minimum atomic E-state index is -0.509. The highest BCUT2D eigenvalue weighted by atomic mass is 32.1. The van der Waals surface area contributed by atoms with Gasteiger partial charge in [-0.15, -0.1) is 11.3 Å². The van der Waals surface area contributed by atoms with E-state index in [-0.39, 0.29) is 30.5 Å². The molecule has 1 fully saturated rings. The van der Waals surface area contributed by atoms with Crippen LogP contribution < -0.4 is 5.56 Å². The Morgan fingerprint density at radius 1 is 1.32 bits per heavy atom. The predicted octanol–water partition coefficient (Wildman–Crippen LogP) is 2.41. The molecule has 28 heavy (non-hydrogen) atoms. The van der Waals surface area contributed by atoms with Crippen molar-refractivity contribution in [3.63, 3.8) is 0 Å². The summed E-state index contributed by atoms with van der Waals surface area (Å²) in [5, 5.41) is 1.77. The number of ether oxygens (including phenoxy) is 1. The minimum absolute atomic E-state index is 0.0605. The predicted molar refractivity (Wildman–Crippen MR) is 104 cm³/mol. The molecule has 0 spiro atoms. The van der Waals surface area contributed by atoms with Crippen molar-refractivity contribution < 1.29 is 14.3 Å². The van der Waals surface area contributed by atoms with Crippen molar-refractivity contribution in [1.82, 2.24) is 14.3 Å². The van der Waals surface area contributed by atoms with Crippen LogP contribution in [0.1, 0.15) is 30.6 Å². The van der Waals surface area contributed by atoms with Gasteiger partial charge in [0.1, 0.15) is 6.61 Å². The molecule has 7 nitrogen and oxygen atoms in total. The maximum absolute atomic E-state index is 12.5. The van der Waals surface area contributed by atoms with Gasteiger partial charge < -0.3 is 9.64 Å². The molecule has 0 saturated carbocycles. The number of likely N-dealkylation sites (tertiary alicyclic amines) is 1. The molecule has 0 radical (unpaired) electrons. The number of nitrogens with zero attached hydrogens (tertiary/aromatic N) is 3. The van der Waals surface area contributed by atoms with Gasteiger partial charge in [-0.1, -0.05) is 30.3 Å². The second-order valence-electron chi connectivity index (χ2n) is 6.78. The third-order valence-corrected chi connectivity index (χ3v) is 5.72. The van der Waals surface area contributed by atoms with Crippen LogP contribution >= 0.6 is 11.3 Å². The average molecular weight is 397 g/mol. The van der Waals surface area contributed by atoms with Crippen LogP contribution in [0, 0.1) is 5.92 Å². The molecule has 144 valence electrons. The highest BCUT2D eigenvalue weighted by molar-refractivity contribution is 7.15. The molecule has 0 N–H and O–H groups in total. The normalized spacial score (nSPS) is 17.8. The number of hydrogen-bond acceptors (Lipinski definition) is 6. The van der Waals surface area contributed by atoms with Crippen molar-refractivity contribution in [1.29, 1.82) is 0 Å². The van der Waals surface area contributed by atoms with Crippen LogP contribution in [0.15, 0.2) is 52.8 Å². The molecule has 2 atom stereocenters. The first kappa shape index (κ1) is 18.4. The summed E-state index contributed by atoms with van der Waals surface area (Å²) in [7, 11) is 0. The van der Waals surface area contributed by atoms with Gasteiger partial charge in [-0.25, -0.2) is 4.98 Å². The smallest absolute Gasteiger partial charge is 0.311 e. The molecular formula is C20H19N3O4S. The molecule has 4 rings (SSSR count). The third-order valence-electron chi connectivity index (χ3n) is 4.96. The Bertz CT molecular complexity index is 1080.